The maximum absolute atomic E-state index is 12.0. The highest BCUT2D eigenvalue weighted by atomic mass is 16.2. The van der Waals surface area contributed by atoms with Crippen LogP contribution in [0.2, 0.25) is 0 Å². The second kappa shape index (κ2) is 16.0. The molecule has 2 fully saturated rings. The Morgan fingerprint density at radius 1 is 0.688 bits per heavy atom. The number of amides is 2. The first-order chi connectivity index (χ1) is 15.6. The van der Waals surface area contributed by atoms with Gasteiger partial charge in [-0.05, 0) is 76.0 Å². The van der Waals surface area contributed by atoms with E-state index in [0.29, 0.717) is 12.8 Å². The Balaban J connectivity index is 1.45. The molecule has 0 atom stereocenters. The molecule has 6 heteroatoms. The Morgan fingerprint density at radius 3 is 1.41 bits per heavy atom. The van der Waals surface area contributed by atoms with Crippen LogP contribution in [0.3, 0.4) is 0 Å². The lowest BCUT2D eigenvalue weighted by molar-refractivity contribution is -0.122. The predicted molar refractivity (Wildman–Crippen MR) is 133 cm³/mol. The van der Waals surface area contributed by atoms with Gasteiger partial charge < -0.3 is 0 Å². The molecule has 0 saturated heterocycles. The molecule has 6 nitrogen and oxygen atoms in total. The van der Waals surface area contributed by atoms with Gasteiger partial charge in [-0.15, -0.1) is 0 Å². The molecule has 0 unspecified atom stereocenters. The molecule has 2 amide bonds. The number of hydrogen-bond donors (Lipinski definition) is 2. The van der Waals surface area contributed by atoms with E-state index in [0.717, 1.165) is 74.6 Å². The molecule has 2 N–H and O–H groups in total. The molecule has 0 aromatic rings. The largest absolute Gasteiger partial charge is 0.273 e. The summed E-state index contributed by atoms with van der Waals surface area (Å²) < 4.78 is 0. The average molecular weight is 447 g/mol. The van der Waals surface area contributed by atoms with Crippen LogP contribution >= 0.6 is 0 Å². The van der Waals surface area contributed by atoms with Crippen molar-refractivity contribution < 1.29 is 9.59 Å². The van der Waals surface area contributed by atoms with Gasteiger partial charge in [0, 0.05) is 24.3 Å². The number of rotatable bonds is 13. The van der Waals surface area contributed by atoms with Crippen LogP contribution in [-0.4, -0.2) is 23.2 Å². The first-order valence-electron chi connectivity index (χ1n) is 13.3. The minimum absolute atomic E-state index is 0.00964. The van der Waals surface area contributed by atoms with E-state index in [9.17, 15) is 9.59 Å². The quantitative estimate of drug-likeness (QED) is 0.259. The van der Waals surface area contributed by atoms with Gasteiger partial charge in [0.2, 0.25) is 11.8 Å². The van der Waals surface area contributed by atoms with Gasteiger partial charge in [-0.1, -0.05) is 52.4 Å². The fourth-order valence-electron chi connectivity index (χ4n) is 4.96. The summed E-state index contributed by atoms with van der Waals surface area (Å²) in [6.07, 6.45) is 18.7. The summed E-state index contributed by atoms with van der Waals surface area (Å²) in [6.45, 7) is 4.49. The van der Waals surface area contributed by atoms with Crippen LogP contribution in [0, 0.1) is 11.8 Å². The molecular formula is C26H46N4O2. The SMILES string of the molecule is CCCC1CCC(=NNC(=O)CCCCCCC(=O)NN=C2CCC(CCC)CC2)CC1. The average Bonchev–Trinajstić information content (AvgIpc) is 2.81. The lowest BCUT2D eigenvalue weighted by atomic mass is 9.85. The highest BCUT2D eigenvalue weighted by Crippen LogP contribution is 2.26. The fourth-order valence-corrected chi connectivity index (χ4v) is 4.96. The molecular weight excluding hydrogens is 400 g/mol. The van der Waals surface area contributed by atoms with Crippen molar-refractivity contribution in [2.75, 3.05) is 0 Å². The molecule has 2 aliphatic rings. The second-order valence-corrected chi connectivity index (χ2v) is 9.80. The smallest absolute Gasteiger partial charge is 0.240 e. The van der Waals surface area contributed by atoms with Crippen LogP contribution < -0.4 is 10.9 Å². The number of carbonyl (C=O) groups excluding carboxylic acids is 2. The molecule has 182 valence electrons. The topological polar surface area (TPSA) is 82.9 Å². The van der Waals surface area contributed by atoms with E-state index in [1.165, 1.54) is 51.4 Å². The number of nitrogens with zero attached hydrogens (tertiary/aromatic N) is 2. The summed E-state index contributed by atoms with van der Waals surface area (Å²) in [4.78, 5) is 24.0. The monoisotopic (exact) mass is 446 g/mol. The van der Waals surface area contributed by atoms with Crippen LogP contribution in [0.1, 0.15) is 129 Å². The highest BCUT2D eigenvalue weighted by molar-refractivity contribution is 5.87. The molecule has 0 heterocycles. The molecule has 32 heavy (non-hydrogen) atoms. The van der Waals surface area contributed by atoms with Gasteiger partial charge in [0.25, 0.3) is 0 Å². The van der Waals surface area contributed by atoms with Gasteiger partial charge in [0.05, 0.1) is 0 Å². The third kappa shape index (κ3) is 11.2. The van der Waals surface area contributed by atoms with Crippen LogP contribution in [0.15, 0.2) is 10.2 Å². The number of carbonyl (C=O) groups is 2. The van der Waals surface area contributed by atoms with Gasteiger partial charge in [-0.25, -0.2) is 10.9 Å². The second-order valence-electron chi connectivity index (χ2n) is 9.80. The van der Waals surface area contributed by atoms with Crippen LogP contribution in [0.25, 0.3) is 0 Å². The molecule has 0 aliphatic heterocycles. The zero-order valence-electron chi connectivity index (χ0n) is 20.6. The normalized spacial score (nSPS) is 21.2. The number of hydrazone groups is 2. The Kier molecular flexibility index (Phi) is 13.2. The minimum Gasteiger partial charge on any atom is -0.273 e. The van der Waals surface area contributed by atoms with Gasteiger partial charge in [-0.2, -0.15) is 10.2 Å². The van der Waals surface area contributed by atoms with Crippen molar-refractivity contribution in [3.05, 3.63) is 0 Å². The summed E-state index contributed by atoms with van der Waals surface area (Å²) in [6, 6.07) is 0. The third-order valence-corrected chi connectivity index (χ3v) is 6.99. The molecule has 2 rings (SSSR count). The summed E-state index contributed by atoms with van der Waals surface area (Å²) in [7, 11) is 0. The predicted octanol–water partition coefficient (Wildman–Crippen LogP) is 6.25. The van der Waals surface area contributed by atoms with Crippen molar-refractivity contribution in [2.45, 2.75) is 129 Å². The van der Waals surface area contributed by atoms with Crippen molar-refractivity contribution in [1.29, 1.82) is 0 Å². The van der Waals surface area contributed by atoms with Crippen LogP contribution in [0.5, 0.6) is 0 Å². The van der Waals surface area contributed by atoms with E-state index in [1.54, 1.807) is 0 Å². The Labute approximate surface area is 195 Å². The highest BCUT2D eigenvalue weighted by Gasteiger charge is 2.18. The summed E-state index contributed by atoms with van der Waals surface area (Å²) in [5.74, 6) is 1.70. The number of hydrogen-bond acceptors (Lipinski definition) is 4. The lowest BCUT2D eigenvalue weighted by Crippen LogP contribution is -2.22. The molecule has 2 saturated carbocycles. The fraction of sp³-hybridized carbons (Fsp3) is 0.846. The van der Waals surface area contributed by atoms with E-state index >= 15 is 0 Å². The first kappa shape index (κ1) is 26.5. The zero-order chi connectivity index (χ0) is 23.0. The molecule has 0 bridgehead atoms. The lowest BCUT2D eigenvalue weighted by Gasteiger charge is -2.22. The van der Waals surface area contributed by atoms with E-state index in [2.05, 4.69) is 34.9 Å². The van der Waals surface area contributed by atoms with E-state index in [1.807, 2.05) is 0 Å². The maximum Gasteiger partial charge on any atom is 0.240 e. The Hall–Kier alpha value is -1.72. The van der Waals surface area contributed by atoms with Crippen molar-refractivity contribution in [2.24, 2.45) is 22.0 Å². The molecule has 0 radical (unpaired) electrons. The summed E-state index contributed by atoms with van der Waals surface area (Å²) >= 11 is 0. The van der Waals surface area contributed by atoms with Crippen molar-refractivity contribution in [3.8, 4) is 0 Å². The Morgan fingerprint density at radius 2 is 1.06 bits per heavy atom. The van der Waals surface area contributed by atoms with E-state index < -0.39 is 0 Å². The maximum atomic E-state index is 12.0. The zero-order valence-corrected chi connectivity index (χ0v) is 20.6. The third-order valence-electron chi connectivity index (χ3n) is 6.99. The molecule has 2 aliphatic carbocycles. The Bertz CT molecular complexity index is 555. The van der Waals surface area contributed by atoms with Gasteiger partial charge >= 0.3 is 0 Å². The number of nitrogens with one attached hydrogen (secondary N) is 2. The molecule has 0 aromatic heterocycles. The van der Waals surface area contributed by atoms with Gasteiger partial charge in [0.15, 0.2) is 0 Å². The molecule has 0 aromatic carbocycles. The van der Waals surface area contributed by atoms with Crippen molar-refractivity contribution >= 4 is 23.2 Å². The van der Waals surface area contributed by atoms with E-state index in [-0.39, 0.29) is 11.8 Å². The molecule has 0 spiro atoms. The minimum atomic E-state index is 0.00964. The van der Waals surface area contributed by atoms with E-state index in [4.69, 9.17) is 0 Å². The standard InChI is InChI=1S/C26H46N4O2/c1-3-9-21-13-17-23(18-14-21)27-29-25(31)11-7-5-6-8-12-26(32)30-28-24-19-15-22(10-4-2)16-20-24/h21-22H,3-20H2,1-2H3,(H,29,31)(H,30,32). The summed E-state index contributed by atoms with van der Waals surface area (Å²) in [5.41, 5.74) is 7.77. The van der Waals surface area contributed by atoms with Crippen molar-refractivity contribution in [3.63, 3.8) is 0 Å². The van der Waals surface area contributed by atoms with Gasteiger partial charge in [-0.3, -0.25) is 9.59 Å². The van der Waals surface area contributed by atoms with Crippen LogP contribution in [0.4, 0.5) is 0 Å². The first-order valence-corrected chi connectivity index (χ1v) is 13.3. The van der Waals surface area contributed by atoms with Gasteiger partial charge in [0.1, 0.15) is 0 Å². The van der Waals surface area contributed by atoms with Crippen molar-refractivity contribution in [1.82, 2.24) is 10.9 Å². The number of unbranched alkanes of at least 4 members (excludes halogenated alkanes) is 3. The van der Waals surface area contributed by atoms with Crippen LogP contribution in [-0.2, 0) is 9.59 Å². The summed E-state index contributed by atoms with van der Waals surface area (Å²) in [5, 5.41) is 8.68.